The Morgan fingerprint density at radius 3 is 2.12 bits per heavy atom. The third-order valence-corrected chi connectivity index (χ3v) is 3.76. The zero-order valence-corrected chi connectivity index (χ0v) is 11.5. The molecule has 92 valence electrons. The maximum absolute atomic E-state index is 12.3. The van der Waals surface area contributed by atoms with Gasteiger partial charge in [-0.05, 0) is 39.0 Å². The van der Waals surface area contributed by atoms with E-state index >= 15 is 0 Å². The highest BCUT2D eigenvalue weighted by Crippen LogP contribution is 2.60. The number of carbonyl (C=O) groups excluding carboxylic acids is 1. The van der Waals surface area contributed by atoms with Gasteiger partial charge in [-0.15, -0.1) is 0 Å². The zero-order valence-electron chi connectivity index (χ0n) is 11.5. The van der Waals surface area contributed by atoms with E-state index in [0.29, 0.717) is 11.8 Å². The first kappa shape index (κ1) is 13.3. The van der Waals surface area contributed by atoms with Crippen molar-refractivity contribution in [3.8, 4) is 0 Å². The van der Waals surface area contributed by atoms with Crippen LogP contribution in [-0.2, 0) is 4.79 Å². The lowest BCUT2D eigenvalue weighted by Crippen LogP contribution is -2.33. The molecule has 0 saturated heterocycles. The molecule has 0 N–H and O–H groups in total. The minimum atomic E-state index is 0.150. The molecular weight excluding hydrogens is 198 g/mol. The molecular formula is C14H25NO. The number of rotatable bonds is 4. The Hall–Kier alpha value is -0.790. The predicted molar refractivity (Wildman–Crippen MR) is 68.1 cm³/mol. The van der Waals surface area contributed by atoms with Gasteiger partial charge in [0.25, 0.3) is 0 Å². The molecule has 1 amide bonds. The van der Waals surface area contributed by atoms with Gasteiger partial charge in [0.2, 0.25) is 5.91 Å². The minimum Gasteiger partial charge on any atom is -0.343 e. The second-order valence-electron chi connectivity index (χ2n) is 5.58. The standard InChI is InChI=1S/C14H25NO/c1-7-15(8-2)13(16)12-11(9-10(3)4)14(12,5)6/h9,11-12H,7-8H2,1-6H3/t11-,12+/m1/s1. The maximum Gasteiger partial charge on any atom is 0.226 e. The Balaban J connectivity index is 2.76. The summed E-state index contributed by atoms with van der Waals surface area (Å²) in [5.41, 5.74) is 1.46. The van der Waals surface area contributed by atoms with E-state index in [1.807, 2.05) is 18.7 Å². The summed E-state index contributed by atoms with van der Waals surface area (Å²) in [4.78, 5) is 14.2. The van der Waals surface area contributed by atoms with Crippen molar-refractivity contribution >= 4 is 5.91 Å². The minimum absolute atomic E-state index is 0.150. The Morgan fingerprint density at radius 1 is 1.25 bits per heavy atom. The van der Waals surface area contributed by atoms with Crippen LogP contribution in [0.5, 0.6) is 0 Å². The lowest BCUT2D eigenvalue weighted by atomic mass is 10.1. The Labute approximate surface area is 99.7 Å². The third-order valence-electron chi connectivity index (χ3n) is 3.76. The van der Waals surface area contributed by atoms with Gasteiger partial charge in [-0.2, -0.15) is 0 Å². The van der Waals surface area contributed by atoms with Crippen LogP contribution in [0.4, 0.5) is 0 Å². The number of amides is 1. The molecule has 1 saturated carbocycles. The normalized spacial score (nSPS) is 26.1. The number of hydrogen-bond donors (Lipinski definition) is 0. The van der Waals surface area contributed by atoms with Crippen LogP contribution in [-0.4, -0.2) is 23.9 Å². The number of hydrogen-bond acceptors (Lipinski definition) is 1. The zero-order chi connectivity index (χ0) is 12.5. The summed E-state index contributed by atoms with van der Waals surface area (Å²) >= 11 is 0. The molecule has 0 aromatic heterocycles. The van der Waals surface area contributed by atoms with Crippen molar-refractivity contribution in [1.82, 2.24) is 4.90 Å². The molecule has 0 heterocycles. The second-order valence-corrected chi connectivity index (χ2v) is 5.58. The van der Waals surface area contributed by atoms with E-state index in [-0.39, 0.29) is 11.3 Å². The van der Waals surface area contributed by atoms with Gasteiger partial charge in [0.05, 0.1) is 5.92 Å². The lowest BCUT2D eigenvalue weighted by molar-refractivity contribution is -0.133. The van der Waals surface area contributed by atoms with E-state index < -0.39 is 0 Å². The fourth-order valence-electron chi connectivity index (χ4n) is 2.55. The summed E-state index contributed by atoms with van der Waals surface area (Å²) < 4.78 is 0. The van der Waals surface area contributed by atoms with Crippen LogP contribution < -0.4 is 0 Å². The number of nitrogens with zero attached hydrogens (tertiary/aromatic N) is 1. The molecule has 16 heavy (non-hydrogen) atoms. The van der Waals surface area contributed by atoms with Gasteiger partial charge in [-0.1, -0.05) is 25.5 Å². The molecule has 2 nitrogen and oxygen atoms in total. The fraction of sp³-hybridized carbons (Fsp3) is 0.786. The van der Waals surface area contributed by atoms with Crippen molar-refractivity contribution in [1.29, 1.82) is 0 Å². The van der Waals surface area contributed by atoms with Crippen molar-refractivity contribution in [3.63, 3.8) is 0 Å². The first-order valence-corrected chi connectivity index (χ1v) is 6.30. The van der Waals surface area contributed by atoms with Crippen molar-refractivity contribution in [2.24, 2.45) is 17.3 Å². The van der Waals surface area contributed by atoms with Gasteiger partial charge in [0.1, 0.15) is 0 Å². The van der Waals surface area contributed by atoms with Crippen LogP contribution in [0, 0.1) is 17.3 Å². The summed E-state index contributed by atoms with van der Waals surface area (Å²) in [5.74, 6) is 0.963. The summed E-state index contributed by atoms with van der Waals surface area (Å²) in [7, 11) is 0. The summed E-state index contributed by atoms with van der Waals surface area (Å²) in [5, 5.41) is 0. The van der Waals surface area contributed by atoms with Gasteiger partial charge >= 0.3 is 0 Å². The molecule has 1 aliphatic carbocycles. The average molecular weight is 223 g/mol. The van der Waals surface area contributed by atoms with Crippen LogP contribution in [0.3, 0.4) is 0 Å². The number of carbonyl (C=O) groups is 1. The quantitative estimate of drug-likeness (QED) is 0.671. The number of allylic oxidation sites excluding steroid dienone is 2. The van der Waals surface area contributed by atoms with E-state index in [9.17, 15) is 4.79 Å². The van der Waals surface area contributed by atoms with Gasteiger partial charge in [0.15, 0.2) is 0 Å². The van der Waals surface area contributed by atoms with Crippen molar-refractivity contribution < 1.29 is 4.79 Å². The molecule has 2 heteroatoms. The first-order valence-electron chi connectivity index (χ1n) is 6.30. The first-order chi connectivity index (χ1) is 7.36. The summed E-state index contributed by atoms with van der Waals surface area (Å²) in [6.45, 7) is 14.3. The molecule has 0 aromatic carbocycles. The van der Waals surface area contributed by atoms with E-state index in [1.54, 1.807) is 0 Å². The molecule has 1 aliphatic rings. The van der Waals surface area contributed by atoms with Crippen LogP contribution >= 0.6 is 0 Å². The van der Waals surface area contributed by atoms with Gasteiger partial charge in [0, 0.05) is 13.1 Å². The van der Waals surface area contributed by atoms with E-state index in [4.69, 9.17) is 0 Å². The van der Waals surface area contributed by atoms with Crippen molar-refractivity contribution in [2.45, 2.75) is 41.5 Å². The fourth-order valence-corrected chi connectivity index (χ4v) is 2.55. The van der Waals surface area contributed by atoms with Crippen molar-refractivity contribution in [3.05, 3.63) is 11.6 Å². The third kappa shape index (κ3) is 2.31. The Bertz CT molecular complexity index is 296. The Morgan fingerprint density at radius 2 is 1.75 bits per heavy atom. The van der Waals surface area contributed by atoms with Crippen LogP contribution in [0.1, 0.15) is 41.5 Å². The Kier molecular flexibility index (Phi) is 3.82. The molecule has 0 aromatic rings. The van der Waals surface area contributed by atoms with E-state index in [1.165, 1.54) is 5.57 Å². The van der Waals surface area contributed by atoms with Gasteiger partial charge in [-0.3, -0.25) is 4.79 Å². The average Bonchev–Trinajstić information content (AvgIpc) is 2.68. The molecule has 0 spiro atoms. The second kappa shape index (κ2) is 4.60. The summed E-state index contributed by atoms with van der Waals surface area (Å²) in [6, 6.07) is 0. The van der Waals surface area contributed by atoms with Crippen LogP contribution in [0.15, 0.2) is 11.6 Å². The topological polar surface area (TPSA) is 20.3 Å². The summed E-state index contributed by atoms with van der Waals surface area (Å²) in [6.07, 6.45) is 2.26. The smallest absolute Gasteiger partial charge is 0.226 e. The maximum atomic E-state index is 12.3. The molecule has 2 atom stereocenters. The highest BCUT2D eigenvalue weighted by atomic mass is 16.2. The molecule has 1 rings (SSSR count). The molecule has 1 fully saturated rings. The molecule has 0 unspecified atom stereocenters. The molecule has 0 bridgehead atoms. The van der Waals surface area contributed by atoms with Crippen molar-refractivity contribution in [2.75, 3.05) is 13.1 Å². The largest absolute Gasteiger partial charge is 0.343 e. The molecule has 0 aliphatic heterocycles. The monoisotopic (exact) mass is 223 g/mol. The SMILES string of the molecule is CCN(CC)C(=O)[C@@H]1[C@@H](C=C(C)C)C1(C)C. The van der Waals surface area contributed by atoms with Gasteiger partial charge in [-0.25, -0.2) is 0 Å². The highest BCUT2D eigenvalue weighted by molar-refractivity contribution is 5.83. The lowest BCUT2D eigenvalue weighted by Gasteiger charge is -2.19. The highest BCUT2D eigenvalue weighted by Gasteiger charge is 2.60. The van der Waals surface area contributed by atoms with Crippen LogP contribution in [0.25, 0.3) is 0 Å². The van der Waals surface area contributed by atoms with E-state index in [0.717, 1.165) is 13.1 Å². The van der Waals surface area contributed by atoms with Crippen LogP contribution in [0.2, 0.25) is 0 Å². The van der Waals surface area contributed by atoms with E-state index in [2.05, 4.69) is 33.8 Å². The molecule has 0 radical (unpaired) electrons. The predicted octanol–water partition coefficient (Wildman–Crippen LogP) is 3.09. The van der Waals surface area contributed by atoms with Gasteiger partial charge < -0.3 is 4.90 Å².